The van der Waals surface area contributed by atoms with Crippen LogP contribution in [-0.4, -0.2) is 28.3 Å². The topological polar surface area (TPSA) is 39.1 Å². The molecule has 1 aliphatic heterocycles. The third kappa shape index (κ3) is 1.82. The van der Waals surface area contributed by atoms with Crippen LogP contribution in [-0.2, 0) is 4.74 Å². The zero-order valence-electron chi connectivity index (χ0n) is 9.99. The lowest BCUT2D eigenvalue weighted by Crippen LogP contribution is -2.36. The molecule has 16 heavy (non-hydrogen) atoms. The first kappa shape index (κ1) is 10.1. The van der Waals surface area contributed by atoms with E-state index < -0.39 is 0 Å². The molecule has 3 rings (SSSR count). The Balaban J connectivity index is 1.82. The van der Waals surface area contributed by atoms with Gasteiger partial charge in [0.05, 0.1) is 17.8 Å². The zero-order chi connectivity index (χ0) is 11.2. The van der Waals surface area contributed by atoms with E-state index in [9.17, 15) is 0 Å². The molecule has 0 amide bonds. The van der Waals surface area contributed by atoms with E-state index in [2.05, 4.69) is 34.9 Å². The second-order valence-electron chi connectivity index (χ2n) is 5.33. The summed E-state index contributed by atoms with van der Waals surface area (Å²) in [4.78, 5) is 4.58. The fourth-order valence-electron chi connectivity index (χ4n) is 2.28. The Morgan fingerprint density at radius 3 is 3.00 bits per heavy atom. The molecule has 0 radical (unpaired) electrons. The molecule has 1 N–H and O–H groups in total. The lowest BCUT2D eigenvalue weighted by atomic mass is 10.0. The molecule has 1 unspecified atom stereocenters. The second-order valence-corrected chi connectivity index (χ2v) is 5.33. The van der Waals surface area contributed by atoms with Gasteiger partial charge in [-0.1, -0.05) is 0 Å². The van der Waals surface area contributed by atoms with E-state index in [0.717, 1.165) is 31.3 Å². The minimum absolute atomic E-state index is 0.0600. The van der Waals surface area contributed by atoms with Gasteiger partial charge in [-0.15, -0.1) is 0 Å². The van der Waals surface area contributed by atoms with Crippen LogP contribution in [0.3, 0.4) is 0 Å². The maximum absolute atomic E-state index is 5.46. The molecule has 0 aromatic carbocycles. The van der Waals surface area contributed by atoms with Crippen LogP contribution >= 0.6 is 0 Å². The van der Waals surface area contributed by atoms with Crippen LogP contribution in [0.15, 0.2) is 6.20 Å². The largest absolute Gasteiger partial charge is 0.379 e. The lowest BCUT2D eigenvalue weighted by molar-refractivity contribution is 0.185. The standard InChI is InChI=1S/C12H19N3O/c1-9-7-15(10-3-4-10)11(13-9)14-12(2)5-6-16-8-12/h7,10H,3-6,8H2,1-2H3,(H,13,14). The molecule has 88 valence electrons. The maximum atomic E-state index is 5.46. The molecule has 0 spiro atoms. The summed E-state index contributed by atoms with van der Waals surface area (Å²) in [5.41, 5.74) is 1.15. The van der Waals surface area contributed by atoms with Crippen molar-refractivity contribution in [3.8, 4) is 0 Å². The molecule has 1 saturated heterocycles. The summed E-state index contributed by atoms with van der Waals surface area (Å²) < 4.78 is 7.75. The van der Waals surface area contributed by atoms with Crippen LogP contribution < -0.4 is 5.32 Å². The predicted molar refractivity (Wildman–Crippen MR) is 62.7 cm³/mol. The van der Waals surface area contributed by atoms with Crippen molar-refractivity contribution in [1.29, 1.82) is 0 Å². The Morgan fingerprint density at radius 1 is 1.56 bits per heavy atom. The van der Waals surface area contributed by atoms with Gasteiger partial charge in [0.2, 0.25) is 5.95 Å². The van der Waals surface area contributed by atoms with Crippen molar-refractivity contribution in [2.45, 2.75) is 44.7 Å². The molecule has 4 nitrogen and oxygen atoms in total. The summed E-state index contributed by atoms with van der Waals surface area (Å²) in [6.45, 7) is 5.90. The van der Waals surface area contributed by atoms with Gasteiger partial charge in [0.15, 0.2) is 0 Å². The Bertz CT molecular complexity index is 389. The normalized spacial score (nSPS) is 29.6. The zero-order valence-corrected chi connectivity index (χ0v) is 9.99. The molecular formula is C12H19N3O. The van der Waals surface area contributed by atoms with Gasteiger partial charge in [-0.2, -0.15) is 0 Å². The first-order valence-corrected chi connectivity index (χ1v) is 6.08. The van der Waals surface area contributed by atoms with Crippen LogP contribution in [0.4, 0.5) is 5.95 Å². The molecule has 1 aromatic heterocycles. The highest BCUT2D eigenvalue weighted by molar-refractivity contribution is 5.34. The van der Waals surface area contributed by atoms with Crippen molar-refractivity contribution in [3.05, 3.63) is 11.9 Å². The van der Waals surface area contributed by atoms with Gasteiger partial charge < -0.3 is 14.6 Å². The first-order chi connectivity index (χ1) is 7.66. The van der Waals surface area contributed by atoms with Crippen LogP contribution in [0.2, 0.25) is 0 Å². The smallest absolute Gasteiger partial charge is 0.203 e. The van der Waals surface area contributed by atoms with Crippen LogP contribution in [0.25, 0.3) is 0 Å². The fourth-order valence-corrected chi connectivity index (χ4v) is 2.28. The van der Waals surface area contributed by atoms with Crippen LogP contribution in [0.1, 0.15) is 37.9 Å². The molecule has 0 bridgehead atoms. The van der Waals surface area contributed by atoms with Gasteiger partial charge in [0, 0.05) is 18.8 Å². The summed E-state index contributed by atoms with van der Waals surface area (Å²) in [7, 11) is 0. The van der Waals surface area contributed by atoms with E-state index in [-0.39, 0.29) is 5.54 Å². The number of aryl methyl sites for hydroxylation is 1. The van der Waals surface area contributed by atoms with Gasteiger partial charge in [0.25, 0.3) is 0 Å². The van der Waals surface area contributed by atoms with Crippen molar-refractivity contribution in [1.82, 2.24) is 9.55 Å². The third-order valence-electron chi connectivity index (χ3n) is 3.43. The third-order valence-corrected chi connectivity index (χ3v) is 3.43. The Hall–Kier alpha value is -1.03. The highest BCUT2D eigenvalue weighted by Crippen LogP contribution is 2.38. The van der Waals surface area contributed by atoms with Crippen molar-refractivity contribution >= 4 is 5.95 Å². The first-order valence-electron chi connectivity index (χ1n) is 6.08. The van der Waals surface area contributed by atoms with E-state index >= 15 is 0 Å². The Morgan fingerprint density at radius 2 is 2.38 bits per heavy atom. The molecule has 1 aromatic rings. The molecule has 1 atom stereocenters. The van der Waals surface area contributed by atoms with E-state index in [4.69, 9.17) is 4.74 Å². The van der Waals surface area contributed by atoms with E-state index in [1.807, 2.05) is 0 Å². The minimum atomic E-state index is 0.0600. The molecule has 1 aliphatic carbocycles. The van der Waals surface area contributed by atoms with Crippen molar-refractivity contribution < 1.29 is 4.74 Å². The van der Waals surface area contributed by atoms with Gasteiger partial charge >= 0.3 is 0 Å². The number of nitrogens with zero attached hydrogens (tertiary/aromatic N) is 2. The summed E-state index contributed by atoms with van der Waals surface area (Å²) in [5.74, 6) is 1.02. The second kappa shape index (κ2) is 3.48. The Labute approximate surface area is 96.0 Å². The average Bonchev–Trinajstić information content (AvgIpc) is 2.89. The fraction of sp³-hybridized carbons (Fsp3) is 0.750. The number of hydrogen-bond donors (Lipinski definition) is 1. The highest BCUT2D eigenvalue weighted by atomic mass is 16.5. The quantitative estimate of drug-likeness (QED) is 0.849. The summed E-state index contributed by atoms with van der Waals surface area (Å²) >= 11 is 0. The van der Waals surface area contributed by atoms with Crippen molar-refractivity contribution in [2.75, 3.05) is 18.5 Å². The monoisotopic (exact) mass is 221 g/mol. The number of rotatable bonds is 3. The van der Waals surface area contributed by atoms with E-state index in [1.165, 1.54) is 12.8 Å². The number of imidazole rings is 1. The number of aromatic nitrogens is 2. The predicted octanol–water partition coefficient (Wildman–Crippen LogP) is 2.12. The average molecular weight is 221 g/mol. The van der Waals surface area contributed by atoms with Gasteiger partial charge in [-0.25, -0.2) is 4.98 Å². The van der Waals surface area contributed by atoms with Gasteiger partial charge in [0.1, 0.15) is 0 Å². The van der Waals surface area contributed by atoms with Gasteiger partial charge in [-0.3, -0.25) is 0 Å². The lowest BCUT2D eigenvalue weighted by Gasteiger charge is -2.24. The highest BCUT2D eigenvalue weighted by Gasteiger charge is 2.33. The summed E-state index contributed by atoms with van der Waals surface area (Å²) in [6.07, 6.45) is 5.79. The maximum Gasteiger partial charge on any atom is 0.203 e. The SMILES string of the molecule is Cc1cn(C2CC2)c(NC2(C)CCOC2)n1. The minimum Gasteiger partial charge on any atom is -0.379 e. The molecule has 2 heterocycles. The van der Waals surface area contributed by atoms with E-state index in [1.54, 1.807) is 0 Å². The number of nitrogens with one attached hydrogen (secondary N) is 1. The molecule has 4 heteroatoms. The Kier molecular flexibility index (Phi) is 2.21. The van der Waals surface area contributed by atoms with E-state index in [0.29, 0.717) is 6.04 Å². The number of anilines is 1. The molecule has 1 saturated carbocycles. The molecule has 2 fully saturated rings. The van der Waals surface area contributed by atoms with Gasteiger partial charge in [-0.05, 0) is 33.1 Å². The summed E-state index contributed by atoms with van der Waals surface area (Å²) in [6, 6.07) is 0.676. The number of hydrogen-bond acceptors (Lipinski definition) is 3. The van der Waals surface area contributed by atoms with Crippen molar-refractivity contribution in [3.63, 3.8) is 0 Å². The van der Waals surface area contributed by atoms with Crippen LogP contribution in [0, 0.1) is 6.92 Å². The molecular weight excluding hydrogens is 202 g/mol. The molecule has 2 aliphatic rings. The summed E-state index contributed by atoms with van der Waals surface area (Å²) in [5, 5.41) is 3.55. The van der Waals surface area contributed by atoms with Crippen molar-refractivity contribution in [2.24, 2.45) is 0 Å². The van der Waals surface area contributed by atoms with Crippen LogP contribution in [0.5, 0.6) is 0 Å². The number of ether oxygens (including phenoxy) is 1.